The van der Waals surface area contributed by atoms with Crippen molar-refractivity contribution in [2.75, 3.05) is 28.3 Å². The molecule has 9 nitrogen and oxygen atoms in total. The van der Waals surface area contributed by atoms with Crippen LogP contribution in [-0.2, 0) is 25.5 Å². The summed E-state index contributed by atoms with van der Waals surface area (Å²) in [7, 11) is 0. The van der Waals surface area contributed by atoms with Gasteiger partial charge in [0.05, 0.1) is 30.0 Å². The summed E-state index contributed by atoms with van der Waals surface area (Å²) >= 11 is 2.63. The smallest absolute Gasteiger partial charge is 0.338 e. The van der Waals surface area contributed by atoms with E-state index in [1.165, 1.54) is 30.0 Å². The van der Waals surface area contributed by atoms with E-state index in [0.717, 1.165) is 0 Å². The SMILES string of the molecule is CCOC(=O)c1ccc(NC(=O)Cc2csc(SCC(=O)Nc3cccc(NC(C)=O)c3)n2)cc1. The van der Waals surface area contributed by atoms with Crippen LogP contribution in [0.1, 0.15) is 29.9 Å². The summed E-state index contributed by atoms with van der Waals surface area (Å²) in [6.45, 7) is 3.45. The zero-order valence-electron chi connectivity index (χ0n) is 19.1. The van der Waals surface area contributed by atoms with Crippen LogP contribution in [0.15, 0.2) is 58.3 Å². The molecule has 0 radical (unpaired) electrons. The highest BCUT2D eigenvalue weighted by molar-refractivity contribution is 8.01. The fourth-order valence-electron chi connectivity index (χ4n) is 2.91. The monoisotopic (exact) mass is 512 g/mol. The highest BCUT2D eigenvalue weighted by Crippen LogP contribution is 2.24. The predicted molar refractivity (Wildman–Crippen MR) is 137 cm³/mol. The average Bonchev–Trinajstić information content (AvgIpc) is 3.25. The van der Waals surface area contributed by atoms with Gasteiger partial charge in [-0.15, -0.1) is 11.3 Å². The topological polar surface area (TPSA) is 126 Å². The number of thiazole rings is 1. The summed E-state index contributed by atoms with van der Waals surface area (Å²) in [5.74, 6) is -0.909. The van der Waals surface area contributed by atoms with E-state index in [0.29, 0.717) is 39.3 Å². The first-order valence-electron chi connectivity index (χ1n) is 10.6. The molecular weight excluding hydrogens is 488 g/mol. The Morgan fingerprint density at radius 3 is 2.31 bits per heavy atom. The van der Waals surface area contributed by atoms with Gasteiger partial charge in [0.25, 0.3) is 0 Å². The maximum absolute atomic E-state index is 12.3. The molecule has 0 atom stereocenters. The Morgan fingerprint density at radius 2 is 1.63 bits per heavy atom. The van der Waals surface area contributed by atoms with Crippen LogP contribution < -0.4 is 16.0 Å². The number of nitrogens with zero attached hydrogens (tertiary/aromatic N) is 1. The van der Waals surface area contributed by atoms with Crippen molar-refractivity contribution >= 4 is 63.9 Å². The summed E-state index contributed by atoms with van der Waals surface area (Å²) in [6.07, 6.45) is 0.0822. The second-order valence-electron chi connectivity index (χ2n) is 7.23. The van der Waals surface area contributed by atoms with E-state index in [2.05, 4.69) is 20.9 Å². The highest BCUT2D eigenvalue weighted by Gasteiger charge is 2.12. The fourth-order valence-corrected chi connectivity index (χ4v) is 4.56. The highest BCUT2D eigenvalue weighted by atomic mass is 32.2. The number of anilines is 3. The maximum atomic E-state index is 12.3. The van der Waals surface area contributed by atoms with E-state index in [9.17, 15) is 19.2 Å². The molecule has 0 spiro atoms. The molecule has 3 aromatic rings. The number of rotatable bonds is 10. The van der Waals surface area contributed by atoms with E-state index in [-0.39, 0.29) is 29.9 Å². The van der Waals surface area contributed by atoms with Crippen LogP contribution in [0.4, 0.5) is 17.1 Å². The summed E-state index contributed by atoms with van der Waals surface area (Å²) in [5.41, 5.74) is 2.75. The third kappa shape index (κ3) is 8.54. The number of hydrogen-bond acceptors (Lipinski definition) is 8. The molecule has 1 heterocycles. The number of amides is 3. The van der Waals surface area contributed by atoms with Crippen molar-refractivity contribution in [3.8, 4) is 0 Å². The molecule has 0 aliphatic rings. The second kappa shape index (κ2) is 12.7. The van der Waals surface area contributed by atoms with Crippen molar-refractivity contribution < 1.29 is 23.9 Å². The van der Waals surface area contributed by atoms with Gasteiger partial charge in [0.2, 0.25) is 17.7 Å². The van der Waals surface area contributed by atoms with Crippen LogP contribution in [0.3, 0.4) is 0 Å². The molecule has 2 aromatic carbocycles. The van der Waals surface area contributed by atoms with Crippen molar-refractivity contribution in [2.45, 2.75) is 24.6 Å². The third-order valence-corrected chi connectivity index (χ3v) is 6.42. The number of esters is 1. The predicted octanol–water partition coefficient (Wildman–Crippen LogP) is 4.19. The molecule has 0 saturated heterocycles. The molecule has 3 N–H and O–H groups in total. The van der Waals surface area contributed by atoms with Gasteiger partial charge in [-0.25, -0.2) is 9.78 Å². The van der Waals surface area contributed by atoms with E-state index in [1.54, 1.807) is 60.8 Å². The molecule has 11 heteroatoms. The molecule has 0 bridgehead atoms. The number of hydrogen-bond donors (Lipinski definition) is 3. The Kier molecular flexibility index (Phi) is 9.39. The van der Waals surface area contributed by atoms with E-state index in [4.69, 9.17) is 4.74 Å². The first kappa shape index (κ1) is 25.9. The minimum atomic E-state index is -0.412. The standard InChI is InChI=1S/C24H24N4O5S2/c1-3-33-23(32)16-7-9-17(10-8-16)26-21(30)12-20-13-34-24(28-20)35-14-22(31)27-19-6-4-5-18(11-19)25-15(2)29/h4-11,13H,3,12,14H2,1-2H3,(H,25,29)(H,26,30)(H,27,31). The van der Waals surface area contributed by atoms with Crippen LogP contribution in [0.25, 0.3) is 0 Å². The molecule has 0 fully saturated rings. The molecule has 35 heavy (non-hydrogen) atoms. The Morgan fingerprint density at radius 1 is 0.943 bits per heavy atom. The number of thioether (sulfide) groups is 1. The van der Waals surface area contributed by atoms with Gasteiger partial charge in [-0.1, -0.05) is 17.8 Å². The van der Waals surface area contributed by atoms with Gasteiger partial charge >= 0.3 is 5.97 Å². The Bertz CT molecular complexity index is 1210. The lowest BCUT2D eigenvalue weighted by Crippen LogP contribution is -2.15. The van der Waals surface area contributed by atoms with E-state index >= 15 is 0 Å². The molecule has 182 valence electrons. The number of benzene rings is 2. The summed E-state index contributed by atoms with van der Waals surface area (Å²) in [4.78, 5) is 51.9. The van der Waals surface area contributed by atoms with Crippen LogP contribution in [-0.4, -0.2) is 41.0 Å². The Hall–Kier alpha value is -3.70. The number of ether oxygens (including phenoxy) is 1. The first-order valence-corrected chi connectivity index (χ1v) is 12.5. The van der Waals surface area contributed by atoms with Crippen LogP contribution in [0.2, 0.25) is 0 Å². The van der Waals surface area contributed by atoms with Gasteiger partial charge < -0.3 is 20.7 Å². The molecule has 0 saturated carbocycles. The number of carbonyl (C=O) groups is 4. The Labute approximate surface area is 210 Å². The van der Waals surface area contributed by atoms with Gasteiger partial charge in [0, 0.05) is 29.4 Å². The van der Waals surface area contributed by atoms with Gasteiger partial charge in [0.1, 0.15) is 0 Å². The number of nitrogens with one attached hydrogen (secondary N) is 3. The lowest BCUT2D eigenvalue weighted by molar-refractivity contribution is -0.116. The molecule has 3 amide bonds. The van der Waals surface area contributed by atoms with Crippen molar-refractivity contribution in [1.82, 2.24) is 4.98 Å². The minimum Gasteiger partial charge on any atom is -0.462 e. The van der Waals surface area contributed by atoms with Crippen molar-refractivity contribution in [1.29, 1.82) is 0 Å². The summed E-state index contributed by atoms with van der Waals surface area (Å²) < 4.78 is 5.61. The number of carbonyl (C=O) groups excluding carboxylic acids is 4. The minimum absolute atomic E-state index is 0.0822. The van der Waals surface area contributed by atoms with Gasteiger partial charge in [0.15, 0.2) is 4.34 Å². The molecule has 0 aliphatic carbocycles. The fraction of sp³-hybridized carbons (Fsp3) is 0.208. The summed E-state index contributed by atoms with van der Waals surface area (Å²) in [5, 5.41) is 10.00. The molecule has 1 aromatic heterocycles. The normalized spacial score (nSPS) is 10.3. The maximum Gasteiger partial charge on any atom is 0.338 e. The largest absolute Gasteiger partial charge is 0.462 e. The lowest BCUT2D eigenvalue weighted by atomic mass is 10.2. The lowest BCUT2D eigenvalue weighted by Gasteiger charge is -2.07. The van der Waals surface area contributed by atoms with Crippen LogP contribution >= 0.6 is 23.1 Å². The quantitative estimate of drug-likeness (QED) is 0.275. The summed E-state index contributed by atoms with van der Waals surface area (Å²) in [6, 6.07) is 13.3. The molecule has 0 unspecified atom stereocenters. The van der Waals surface area contributed by atoms with Crippen molar-refractivity contribution in [3.05, 3.63) is 65.2 Å². The number of aromatic nitrogens is 1. The van der Waals surface area contributed by atoms with Crippen molar-refractivity contribution in [2.24, 2.45) is 0 Å². The van der Waals surface area contributed by atoms with Crippen LogP contribution in [0.5, 0.6) is 0 Å². The van der Waals surface area contributed by atoms with Gasteiger partial charge in [-0.3, -0.25) is 14.4 Å². The Balaban J connectivity index is 1.45. The van der Waals surface area contributed by atoms with Crippen molar-refractivity contribution in [3.63, 3.8) is 0 Å². The zero-order chi connectivity index (χ0) is 25.2. The molecular formula is C24H24N4O5S2. The van der Waals surface area contributed by atoms with Gasteiger partial charge in [-0.2, -0.15) is 0 Å². The second-order valence-corrected chi connectivity index (χ2v) is 9.31. The van der Waals surface area contributed by atoms with E-state index < -0.39 is 5.97 Å². The molecule has 3 rings (SSSR count). The first-order chi connectivity index (χ1) is 16.8. The van der Waals surface area contributed by atoms with E-state index in [1.807, 2.05) is 0 Å². The zero-order valence-corrected chi connectivity index (χ0v) is 20.8. The average molecular weight is 513 g/mol. The van der Waals surface area contributed by atoms with Gasteiger partial charge in [-0.05, 0) is 49.4 Å². The molecule has 0 aliphatic heterocycles. The third-order valence-electron chi connectivity index (χ3n) is 4.35. The van der Waals surface area contributed by atoms with Crippen LogP contribution in [0, 0.1) is 0 Å².